The van der Waals surface area contributed by atoms with E-state index in [0.717, 1.165) is 31.9 Å². The normalized spacial score (nSPS) is 31.4. The van der Waals surface area contributed by atoms with Gasteiger partial charge < -0.3 is 15.4 Å². The second-order valence-corrected chi connectivity index (χ2v) is 7.26. The SMILES string of the molecule is C[C@@H]1[C@H](C)CCC[C@H]1NC(=S)NNC(=S)NC[C@@H]1CCCO1. The maximum atomic E-state index is 5.54. The van der Waals surface area contributed by atoms with Crippen molar-refractivity contribution in [2.45, 2.75) is 58.1 Å². The molecule has 0 radical (unpaired) electrons. The van der Waals surface area contributed by atoms with Crippen LogP contribution >= 0.6 is 24.4 Å². The minimum atomic E-state index is 0.273. The highest BCUT2D eigenvalue weighted by Gasteiger charge is 2.27. The lowest BCUT2D eigenvalue weighted by Gasteiger charge is -2.35. The number of thiocarbonyl (C=S) groups is 2. The van der Waals surface area contributed by atoms with Crippen LogP contribution in [0.2, 0.25) is 0 Å². The summed E-state index contributed by atoms with van der Waals surface area (Å²) in [6.07, 6.45) is 6.26. The van der Waals surface area contributed by atoms with Crippen LogP contribution in [0, 0.1) is 11.8 Å². The van der Waals surface area contributed by atoms with Gasteiger partial charge in [0.15, 0.2) is 10.2 Å². The zero-order valence-corrected chi connectivity index (χ0v) is 15.1. The zero-order chi connectivity index (χ0) is 15.9. The van der Waals surface area contributed by atoms with E-state index in [1.165, 1.54) is 19.3 Å². The van der Waals surface area contributed by atoms with Crippen LogP contribution in [0.25, 0.3) is 0 Å². The van der Waals surface area contributed by atoms with Crippen LogP contribution in [-0.4, -0.2) is 35.5 Å². The molecule has 0 bridgehead atoms. The van der Waals surface area contributed by atoms with E-state index in [-0.39, 0.29) is 6.10 Å². The van der Waals surface area contributed by atoms with Gasteiger partial charge in [-0.3, -0.25) is 10.9 Å². The number of hydrogen-bond acceptors (Lipinski definition) is 3. The van der Waals surface area contributed by atoms with Gasteiger partial charge in [-0.25, -0.2) is 0 Å². The molecule has 2 aliphatic rings. The average molecular weight is 345 g/mol. The first-order chi connectivity index (χ1) is 10.6. The lowest BCUT2D eigenvalue weighted by Crippen LogP contribution is -2.54. The Morgan fingerprint density at radius 3 is 2.55 bits per heavy atom. The molecule has 1 saturated heterocycles. The van der Waals surface area contributed by atoms with E-state index in [0.29, 0.717) is 22.2 Å². The van der Waals surface area contributed by atoms with Gasteiger partial charge in [0.2, 0.25) is 0 Å². The van der Waals surface area contributed by atoms with Gasteiger partial charge in [-0.2, -0.15) is 0 Å². The van der Waals surface area contributed by atoms with Crippen LogP contribution < -0.4 is 21.5 Å². The van der Waals surface area contributed by atoms with Crippen LogP contribution in [0.5, 0.6) is 0 Å². The molecule has 1 heterocycles. The highest BCUT2D eigenvalue weighted by Crippen LogP contribution is 2.29. The summed E-state index contributed by atoms with van der Waals surface area (Å²) in [5, 5.41) is 7.69. The highest BCUT2D eigenvalue weighted by molar-refractivity contribution is 7.80. The van der Waals surface area contributed by atoms with Gasteiger partial charge in [-0.1, -0.05) is 26.7 Å². The fraction of sp³-hybridized carbons (Fsp3) is 0.867. The van der Waals surface area contributed by atoms with Gasteiger partial charge in [0.1, 0.15) is 0 Å². The van der Waals surface area contributed by atoms with Crippen LogP contribution in [0.4, 0.5) is 0 Å². The van der Waals surface area contributed by atoms with Crippen molar-refractivity contribution in [2.75, 3.05) is 13.2 Å². The third kappa shape index (κ3) is 5.52. The zero-order valence-electron chi connectivity index (χ0n) is 13.5. The van der Waals surface area contributed by atoms with Gasteiger partial charge in [-0.15, -0.1) is 0 Å². The second kappa shape index (κ2) is 8.84. The molecule has 4 atom stereocenters. The number of ether oxygens (including phenoxy) is 1. The first-order valence-electron chi connectivity index (χ1n) is 8.28. The van der Waals surface area contributed by atoms with Gasteiger partial charge >= 0.3 is 0 Å². The number of rotatable bonds is 3. The third-order valence-electron chi connectivity index (χ3n) is 4.83. The van der Waals surface area contributed by atoms with E-state index in [9.17, 15) is 0 Å². The molecule has 0 aromatic rings. The summed E-state index contributed by atoms with van der Waals surface area (Å²) in [6.45, 7) is 6.21. The van der Waals surface area contributed by atoms with Crippen LogP contribution in [0.3, 0.4) is 0 Å². The molecule has 0 amide bonds. The Balaban J connectivity index is 1.61. The Bertz CT molecular complexity index is 388. The van der Waals surface area contributed by atoms with Crippen molar-refractivity contribution in [3.63, 3.8) is 0 Å². The minimum Gasteiger partial charge on any atom is -0.376 e. The van der Waals surface area contributed by atoms with Crippen LogP contribution in [0.1, 0.15) is 46.0 Å². The molecule has 4 N–H and O–H groups in total. The van der Waals surface area contributed by atoms with Crippen molar-refractivity contribution in [1.82, 2.24) is 21.5 Å². The van der Waals surface area contributed by atoms with E-state index in [2.05, 4.69) is 35.3 Å². The number of nitrogens with one attached hydrogen (secondary N) is 4. The van der Waals surface area contributed by atoms with Crippen molar-refractivity contribution in [2.24, 2.45) is 11.8 Å². The Labute approximate surface area is 144 Å². The van der Waals surface area contributed by atoms with E-state index in [1.54, 1.807) is 0 Å². The van der Waals surface area contributed by atoms with E-state index >= 15 is 0 Å². The summed E-state index contributed by atoms with van der Waals surface area (Å²) < 4.78 is 5.54. The monoisotopic (exact) mass is 344 g/mol. The fourth-order valence-electron chi connectivity index (χ4n) is 3.16. The van der Waals surface area contributed by atoms with Gasteiger partial charge in [-0.05, 0) is 55.5 Å². The van der Waals surface area contributed by atoms with Crippen molar-refractivity contribution in [3.05, 3.63) is 0 Å². The molecule has 126 valence electrons. The van der Waals surface area contributed by atoms with E-state index in [4.69, 9.17) is 29.2 Å². The van der Waals surface area contributed by atoms with Gasteiger partial charge in [0.05, 0.1) is 6.10 Å². The molecule has 1 aliphatic carbocycles. The number of hydrogen-bond donors (Lipinski definition) is 4. The molecule has 0 unspecified atom stereocenters. The average Bonchev–Trinajstić information content (AvgIpc) is 3.01. The lowest BCUT2D eigenvalue weighted by atomic mass is 9.78. The van der Waals surface area contributed by atoms with Crippen molar-refractivity contribution in [1.29, 1.82) is 0 Å². The predicted molar refractivity (Wildman–Crippen MR) is 97.5 cm³/mol. The first kappa shape index (κ1) is 17.7. The second-order valence-electron chi connectivity index (χ2n) is 6.44. The third-order valence-corrected chi connectivity index (χ3v) is 5.29. The summed E-state index contributed by atoms with van der Waals surface area (Å²) in [5.41, 5.74) is 5.90. The molecule has 1 aliphatic heterocycles. The van der Waals surface area contributed by atoms with Gasteiger partial charge in [0.25, 0.3) is 0 Å². The summed E-state index contributed by atoms with van der Waals surface area (Å²) in [6, 6.07) is 0.443. The van der Waals surface area contributed by atoms with Crippen molar-refractivity contribution >= 4 is 34.7 Å². The topological polar surface area (TPSA) is 57.3 Å². The Hall–Kier alpha value is -0.660. The molecular formula is C15H28N4OS2. The Morgan fingerprint density at radius 1 is 1.05 bits per heavy atom. The smallest absolute Gasteiger partial charge is 0.185 e. The van der Waals surface area contributed by atoms with Gasteiger partial charge in [0, 0.05) is 19.2 Å². The summed E-state index contributed by atoms with van der Waals surface area (Å²) >= 11 is 10.6. The first-order valence-corrected chi connectivity index (χ1v) is 9.10. The molecule has 0 aromatic heterocycles. The molecule has 7 heteroatoms. The molecule has 2 fully saturated rings. The molecule has 22 heavy (non-hydrogen) atoms. The summed E-state index contributed by atoms with van der Waals surface area (Å²) in [5.74, 6) is 1.38. The summed E-state index contributed by atoms with van der Waals surface area (Å²) in [4.78, 5) is 0. The largest absolute Gasteiger partial charge is 0.376 e. The fourth-order valence-corrected chi connectivity index (χ4v) is 3.50. The standard InChI is InChI=1S/C15H28N4OS2/c1-10-5-3-7-13(11(10)2)17-15(22)19-18-14(21)16-9-12-6-4-8-20-12/h10-13H,3-9H2,1-2H3,(H2,16,18,21)(H2,17,19,22)/t10-,11-,12+,13-/m1/s1. The maximum Gasteiger partial charge on any atom is 0.185 e. The lowest BCUT2D eigenvalue weighted by molar-refractivity contribution is 0.114. The minimum absolute atomic E-state index is 0.273. The summed E-state index contributed by atoms with van der Waals surface area (Å²) in [7, 11) is 0. The molecule has 0 aromatic carbocycles. The van der Waals surface area contributed by atoms with Crippen molar-refractivity contribution < 1.29 is 4.74 Å². The molecular weight excluding hydrogens is 316 g/mol. The highest BCUT2D eigenvalue weighted by atomic mass is 32.1. The van der Waals surface area contributed by atoms with E-state index < -0.39 is 0 Å². The molecule has 5 nitrogen and oxygen atoms in total. The van der Waals surface area contributed by atoms with E-state index in [1.807, 2.05) is 0 Å². The quantitative estimate of drug-likeness (QED) is 0.460. The molecule has 2 rings (SSSR count). The van der Waals surface area contributed by atoms with Crippen LogP contribution in [0.15, 0.2) is 0 Å². The number of hydrazine groups is 1. The van der Waals surface area contributed by atoms with Crippen molar-refractivity contribution in [3.8, 4) is 0 Å². The maximum absolute atomic E-state index is 5.54. The Kier molecular flexibility index (Phi) is 7.11. The Morgan fingerprint density at radius 2 is 1.82 bits per heavy atom. The molecule has 0 spiro atoms. The van der Waals surface area contributed by atoms with Crippen LogP contribution in [-0.2, 0) is 4.74 Å². The molecule has 1 saturated carbocycles. The predicted octanol–water partition coefficient (Wildman–Crippen LogP) is 1.83.